The highest BCUT2D eigenvalue weighted by atomic mass is 32.2. The fourth-order valence-electron chi connectivity index (χ4n) is 2.62. The molecule has 4 nitrogen and oxygen atoms in total. The summed E-state index contributed by atoms with van der Waals surface area (Å²) in [5.74, 6) is -0.117. The van der Waals surface area contributed by atoms with Crippen molar-refractivity contribution >= 4 is 23.6 Å². The zero-order valence-electron chi connectivity index (χ0n) is 13.8. The molecule has 1 fully saturated rings. The van der Waals surface area contributed by atoms with Gasteiger partial charge >= 0.3 is 0 Å². The van der Waals surface area contributed by atoms with E-state index in [9.17, 15) is 14.0 Å². The van der Waals surface area contributed by atoms with Gasteiger partial charge in [-0.1, -0.05) is 26.0 Å². The van der Waals surface area contributed by atoms with Gasteiger partial charge in [-0.15, -0.1) is 11.8 Å². The Bertz CT molecular complexity index is 564. The van der Waals surface area contributed by atoms with Crippen LogP contribution in [0.3, 0.4) is 0 Å². The maximum atomic E-state index is 13.1. The topological polar surface area (TPSA) is 40.6 Å². The highest BCUT2D eigenvalue weighted by Crippen LogP contribution is 2.43. The lowest BCUT2D eigenvalue weighted by Gasteiger charge is -2.27. The van der Waals surface area contributed by atoms with Crippen LogP contribution in [0.5, 0.6) is 0 Å². The van der Waals surface area contributed by atoms with Crippen molar-refractivity contribution in [2.24, 2.45) is 0 Å². The normalized spacial score (nSPS) is 20.9. The molecule has 0 N–H and O–H groups in total. The van der Waals surface area contributed by atoms with Gasteiger partial charge in [-0.2, -0.15) is 0 Å². The van der Waals surface area contributed by atoms with E-state index in [0.29, 0.717) is 19.5 Å². The fourth-order valence-corrected chi connectivity index (χ4v) is 4.05. The van der Waals surface area contributed by atoms with Gasteiger partial charge in [-0.25, -0.2) is 4.39 Å². The molecule has 0 aliphatic carbocycles. The van der Waals surface area contributed by atoms with Gasteiger partial charge in [-0.05, 0) is 24.1 Å². The van der Waals surface area contributed by atoms with Gasteiger partial charge < -0.3 is 9.80 Å². The molecule has 0 radical (unpaired) electrons. The van der Waals surface area contributed by atoms with Gasteiger partial charge in [0.1, 0.15) is 11.2 Å². The summed E-state index contributed by atoms with van der Waals surface area (Å²) in [5.41, 5.74) is 0.921. The number of halogens is 1. The maximum absolute atomic E-state index is 13.1. The van der Waals surface area contributed by atoms with Crippen molar-refractivity contribution in [1.82, 2.24) is 9.80 Å². The monoisotopic (exact) mass is 338 g/mol. The number of nitrogens with zero attached hydrogens (tertiary/aromatic N) is 2. The summed E-state index contributed by atoms with van der Waals surface area (Å²) in [5, 5.41) is -0.185. The van der Waals surface area contributed by atoms with Gasteiger partial charge in [0.2, 0.25) is 11.8 Å². The molecule has 2 unspecified atom stereocenters. The molecule has 126 valence electrons. The Morgan fingerprint density at radius 2 is 1.96 bits per heavy atom. The van der Waals surface area contributed by atoms with E-state index in [2.05, 4.69) is 0 Å². The maximum Gasteiger partial charge on any atom is 0.237 e. The zero-order chi connectivity index (χ0) is 17.0. The molecule has 1 aromatic carbocycles. The molecule has 2 atom stereocenters. The van der Waals surface area contributed by atoms with Crippen LogP contribution in [0.25, 0.3) is 0 Å². The van der Waals surface area contributed by atoms with Crippen LogP contribution in [0.1, 0.15) is 37.6 Å². The molecule has 2 rings (SSSR count). The number of hydrogen-bond donors (Lipinski definition) is 0. The first-order chi connectivity index (χ1) is 11.0. The smallest absolute Gasteiger partial charge is 0.237 e. The van der Waals surface area contributed by atoms with Crippen LogP contribution in [-0.2, 0) is 9.59 Å². The molecule has 0 saturated carbocycles. The van der Waals surface area contributed by atoms with Crippen molar-refractivity contribution in [1.29, 1.82) is 0 Å². The molecule has 2 amide bonds. The summed E-state index contributed by atoms with van der Waals surface area (Å²) >= 11 is 1.60. The largest absolute Gasteiger partial charge is 0.344 e. The molecular weight excluding hydrogens is 315 g/mol. The van der Waals surface area contributed by atoms with Crippen LogP contribution in [0.4, 0.5) is 4.39 Å². The van der Waals surface area contributed by atoms with E-state index < -0.39 is 0 Å². The molecule has 23 heavy (non-hydrogen) atoms. The Balaban J connectivity index is 2.13. The Kier molecular flexibility index (Phi) is 6.04. The minimum atomic E-state index is -0.282. The van der Waals surface area contributed by atoms with Crippen LogP contribution < -0.4 is 0 Å². The van der Waals surface area contributed by atoms with Crippen molar-refractivity contribution in [3.8, 4) is 0 Å². The third-order valence-electron chi connectivity index (χ3n) is 4.07. The number of amides is 2. The molecule has 0 bridgehead atoms. The molecule has 1 aliphatic heterocycles. The summed E-state index contributed by atoms with van der Waals surface area (Å²) in [7, 11) is 1.75. The number of hydrogen-bond acceptors (Lipinski definition) is 3. The SMILES string of the molecule is CCC(=O)N(C)CCN1C(=O)C(CC)SC1c1ccc(F)cc1. The van der Waals surface area contributed by atoms with E-state index in [0.717, 1.165) is 12.0 Å². The molecular formula is C17H23FN2O2S. The Hall–Kier alpha value is -1.56. The van der Waals surface area contributed by atoms with E-state index in [-0.39, 0.29) is 28.3 Å². The predicted molar refractivity (Wildman–Crippen MR) is 90.5 cm³/mol. The lowest BCUT2D eigenvalue weighted by molar-refractivity contribution is -0.133. The van der Waals surface area contributed by atoms with E-state index in [1.165, 1.54) is 12.1 Å². The molecule has 1 aliphatic rings. The number of likely N-dealkylation sites (N-methyl/N-ethyl adjacent to an activating group) is 1. The summed E-state index contributed by atoms with van der Waals surface area (Å²) < 4.78 is 13.1. The summed E-state index contributed by atoms with van der Waals surface area (Å²) in [6.45, 7) is 4.82. The van der Waals surface area contributed by atoms with E-state index >= 15 is 0 Å². The number of benzene rings is 1. The Morgan fingerprint density at radius 1 is 1.30 bits per heavy atom. The first kappa shape index (κ1) is 17.8. The van der Waals surface area contributed by atoms with Crippen LogP contribution in [0.2, 0.25) is 0 Å². The number of carbonyl (C=O) groups is 2. The highest BCUT2D eigenvalue weighted by Gasteiger charge is 2.39. The van der Waals surface area contributed by atoms with E-state index in [1.54, 1.807) is 35.8 Å². The molecule has 0 spiro atoms. The van der Waals surface area contributed by atoms with E-state index in [4.69, 9.17) is 0 Å². The van der Waals surface area contributed by atoms with Gasteiger partial charge in [0.25, 0.3) is 0 Å². The van der Waals surface area contributed by atoms with E-state index in [1.807, 2.05) is 18.7 Å². The second-order valence-electron chi connectivity index (χ2n) is 5.64. The highest BCUT2D eigenvalue weighted by molar-refractivity contribution is 8.01. The van der Waals surface area contributed by atoms with Crippen molar-refractivity contribution in [2.75, 3.05) is 20.1 Å². The first-order valence-electron chi connectivity index (χ1n) is 7.93. The Morgan fingerprint density at radius 3 is 2.52 bits per heavy atom. The van der Waals surface area contributed by atoms with Crippen LogP contribution in [0, 0.1) is 5.82 Å². The van der Waals surface area contributed by atoms with Crippen molar-refractivity contribution in [3.05, 3.63) is 35.6 Å². The fraction of sp³-hybridized carbons (Fsp3) is 0.529. The molecule has 6 heteroatoms. The lowest BCUT2D eigenvalue weighted by Crippen LogP contribution is -2.39. The molecule has 1 heterocycles. The second kappa shape index (κ2) is 7.81. The second-order valence-corrected chi connectivity index (χ2v) is 6.93. The Labute approximate surface area is 141 Å². The van der Waals surface area contributed by atoms with Crippen LogP contribution in [0.15, 0.2) is 24.3 Å². The number of rotatable bonds is 6. The van der Waals surface area contributed by atoms with Gasteiger partial charge in [0.05, 0.1) is 5.25 Å². The third kappa shape index (κ3) is 4.05. The van der Waals surface area contributed by atoms with Crippen molar-refractivity contribution in [3.63, 3.8) is 0 Å². The standard InChI is InChI=1S/C17H23FN2O2S/c1-4-14-16(22)20(11-10-19(3)15(21)5-2)17(23-14)12-6-8-13(18)9-7-12/h6-9,14,17H,4-5,10-11H2,1-3H3. The van der Waals surface area contributed by atoms with Crippen LogP contribution >= 0.6 is 11.8 Å². The summed E-state index contributed by atoms with van der Waals surface area (Å²) in [6, 6.07) is 6.30. The first-order valence-corrected chi connectivity index (χ1v) is 8.87. The van der Waals surface area contributed by atoms with Crippen molar-refractivity contribution < 1.29 is 14.0 Å². The zero-order valence-corrected chi connectivity index (χ0v) is 14.6. The average molecular weight is 338 g/mol. The quantitative estimate of drug-likeness (QED) is 0.800. The number of thioether (sulfide) groups is 1. The van der Waals surface area contributed by atoms with Crippen molar-refractivity contribution in [2.45, 2.75) is 37.3 Å². The minimum absolute atomic E-state index is 0.0645. The predicted octanol–water partition coefficient (Wildman–Crippen LogP) is 3.05. The van der Waals surface area contributed by atoms with Gasteiger partial charge in [-0.3, -0.25) is 9.59 Å². The third-order valence-corrected chi connectivity index (χ3v) is 5.71. The van der Waals surface area contributed by atoms with Gasteiger partial charge in [0, 0.05) is 26.6 Å². The van der Waals surface area contributed by atoms with Crippen LogP contribution in [-0.4, -0.2) is 47.0 Å². The minimum Gasteiger partial charge on any atom is -0.344 e. The van der Waals surface area contributed by atoms with Gasteiger partial charge in [0.15, 0.2) is 0 Å². The summed E-state index contributed by atoms with van der Waals surface area (Å²) in [6.07, 6.45) is 1.22. The summed E-state index contributed by atoms with van der Waals surface area (Å²) in [4.78, 5) is 27.7. The lowest BCUT2D eigenvalue weighted by atomic mass is 10.2. The number of carbonyl (C=O) groups excluding carboxylic acids is 2. The average Bonchev–Trinajstić information content (AvgIpc) is 2.88. The molecule has 0 aromatic heterocycles. The molecule has 1 aromatic rings. The molecule has 1 saturated heterocycles.